The summed E-state index contributed by atoms with van der Waals surface area (Å²) in [7, 11) is 0. The van der Waals surface area contributed by atoms with Crippen LogP contribution in [0.15, 0.2) is 12.1 Å². The van der Waals surface area contributed by atoms with E-state index in [0.29, 0.717) is 6.10 Å². The number of aliphatic hydroxyl groups is 1. The lowest BCUT2D eigenvalue weighted by molar-refractivity contribution is 0.00236. The summed E-state index contributed by atoms with van der Waals surface area (Å²) in [5, 5.41) is 10.1. The van der Waals surface area contributed by atoms with Crippen LogP contribution in [0.3, 0.4) is 0 Å². The van der Waals surface area contributed by atoms with Gasteiger partial charge in [-0.3, -0.25) is 0 Å². The van der Waals surface area contributed by atoms with Crippen LogP contribution in [0, 0.1) is 0 Å². The molecular formula is C14H22O2S. The summed E-state index contributed by atoms with van der Waals surface area (Å²) in [6, 6.07) is 4.19. The van der Waals surface area contributed by atoms with Gasteiger partial charge in [-0.15, -0.1) is 11.3 Å². The predicted molar refractivity (Wildman–Crippen MR) is 71.5 cm³/mol. The van der Waals surface area contributed by atoms with Gasteiger partial charge in [0.25, 0.3) is 0 Å². The molecule has 0 spiro atoms. The second kappa shape index (κ2) is 6.53. The first kappa shape index (κ1) is 13.1. The molecule has 0 bridgehead atoms. The summed E-state index contributed by atoms with van der Waals surface area (Å²) in [5.41, 5.74) is 0. The van der Waals surface area contributed by atoms with Crippen molar-refractivity contribution in [2.45, 2.75) is 57.7 Å². The minimum absolute atomic E-state index is 0.300. The maximum atomic E-state index is 10.1. The number of rotatable bonds is 5. The van der Waals surface area contributed by atoms with Crippen LogP contribution in [0.25, 0.3) is 0 Å². The zero-order chi connectivity index (χ0) is 12.1. The van der Waals surface area contributed by atoms with Crippen molar-refractivity contribution in [3.05, 3.63) is 21.9 Å². The second-order valence-electron chi connectivity index (χ2n) is 4.74. The molecular weight excluding hydrogens is 232 g/mol. The van der Waals surface area contributed by atoms with Crippen LogP contribution in [0.1, 0.15) is 54.9 Å². The third-order valence-electron chi connectivity index (χ3n) is 3.40. The maximum Gasteiger partial charge on any atom is 0.0883 e. The molecule has 1 aromatic heterocycles. The Bertz CT molecular complexity index is 329. The summed E-state index contributed by atoms with van der Waals surface area (Å²) in [6.07, 6.45) is 6.59. The number of hydrogen-bond acceptors (Lipinski definition) is 3. The van der Waals surface area contributed by atoms with Gasteiger partial charge >= 0.3 is 0 Å². The van der Waals surface area contributed by atoms with Crippen molar-refractivity contribution < 1.29 is 9.84 Å². The normalized spacial score (nSPS) is 22.6. The standard InChI is InChI=1S/C14H22O2S/c1-2-12-7-9-14(17-12)13(15)8-6-11-5-3-4-10-16-11/h7,9,11,13,15H,2-6,8,10H2,1H3. The van der Waals surface area contributed by atoms with Crippen LogP contribution < -0.4 is 0 Å². The van der Waals surface area contributed by atoms with Gasteiger partial charge in [-0.1, -0.05) is 6.92 Å². The molecule has 0 aliphatic carbocycles. The Labute approximate surface area is 108 Å². The molecule has 1 aromatic rings. The van der Waals surface area contributed by atoms with E-state index in [4.69, 9.17) is 4.74 Å². The van der Waals surface area contributed by atoms with Crippen molar-refractivity contribution in [2.24, 2.45) is 0 Å². The molecule has 2 nitrogen and oxygen atoms in total. The molecule has 1 aliphatic rings. The molecule has 0 radical (unpaired) electrons. The van der Waals surface area contributed by atoms with E-state index in [1.165, 1.54) is 17.7 Å². The Balaban J connectivity index is 1.77. The summed E-state index contributed by atoms with van der Waals surface area (Å²) < 4.78 is 5.68. The lowest BCUT2D eigenvalue weighted by atomic mass is 10.0. The molecule has 0 amide bonds. The van der Waals surface area contributed by atoms with E-state index >= 15 is 0 Å². The Morgan fingerprint density at radius 1 is 1.47 bits per heavy atom. The molecule has 1 fully saturated rings. The fraction of sp³-hybridized carbons (Fsp3) is 0.714. The molecule has 2 unspecified atom stereocenters. The maximum absolute atomic E-state index is 10.1. The van der Waals surface area contributed by atoms with Gasteiger partial charge < -0.3 is 9.84 Å². The van der Waals surface area contributed by atoms with Gasteiger partial charge in [-0.25, -0.2) is 0 Å². The highest BCUT2D eigenvalue weighted by Gasteiger charge is 2.17. The highest BCUT2D eigenvalue weighted by Crippen LogP contribution is 2.28. The summed E-state index contributed by atoms with van der Waals surface area (Å²) >= 11 is 1.74. The smallest absolute Gasteiger partial charge is 0.0883 e. The van der Waals surface area contributed by atoms with E-state index < -0.39 is 0 Å². The molecule has 3 heteroatoms. The average Bonchev–Trinajstić information content (AvgIpc) is 2.86. The zero-order valence-corrected chi connectivity index (χ0v) is 11.3. The van der Waals surface area contributed by atoms with Crippen molar-refractivity contribution in [1.82, 2.24) is 0 Å². The quantitative estimate of drug-likeness (QED) is 0.868. The first-order valence-electron chi connectivity index (χ1n) is 6.68. The van der Waals surface area contributed by atoms with Crippen molar-refractivity contribution >= 4 is 11.3 Å². The van der Waals surface area contributed by atoms with E-state index in [1.807, 2.05) is 0 Å². The first-order chi connectivity index (χ1) is 8.29. The van der Waals surface area contributed by atoms with Gasteiger partial charge in [-0.2, -0.15) is 0 Å². The molecule has 2 heterocycles. The number of aryl methyl sites for hydroxylation is 1. The molecule has 1 aliphatic heterocycles. The topological polar surface area (TPSA) is 29.5 Å². The number of hydrogen-bond donors (Lipinski definition) is 1. The molecule has 0 saturated carbocycles. The third kappa shape index (κ3) is 3.80. The van der Waals surface area contributed by atoms with Crippen LogP contribution >= 0.6 is 11.3 Å². The molecule has 17 heavy (non-hydrogen) atoms. The summed E-state index contributed by atoms with van der Waals surface area (Å²) in [5.74, 6) is 0. The third-order valence-corrected chi connectivity index (χ3v) is 4.73. The van der Waals surface area contributed by atoms with E-state index in [-0.39, 0.29) is 6.10 Å². The number of thiophene rings is 1. The van der Waals surface area contributed by atoms with Gasteiger partial charge in [0.15, 0.2) is 0 Å². The van der Waals surface area contributed by atoms with Gasteiger partial charge in [0, 0.05) is 16.4 Å². The van der Waals surface area contributed by atoms with Gasteiger partial charge in [0.2, 0.25) is 0 Å². The zero-order valence-electron chi connectivity index (χ0n) is 10.5. The van der Waals surface area contributed by atoms with Crippen molar-refractivity contribution in [2.75, 3.05) is 6.61 Å². The molecule has 1 N–H and O–H groups in total. The summed E-state index contributed by atoms with van der Waals surface area (Å²) in [4.78, 5) is 2.46. The Morgan fingerprint density at radius 3 is 3.00 bits per heavy atom. The molecule has 96 valence electrons. The van der Waals surface area contributed by atoms with Crippen LogP contribution in [-0.2, 0) is 11.2 Å². The second-order valence-corrected chi connectivity index (χ2v) is 5.94. The van der Waals surface area contributed by atoms with Crippen LogP contribution in [0.2, 0.25) is 0 Å². The van der Waals surface area contributed by atoms with E-state index in [2.05, 4.69) is 19.1 Å². The fourth-order valence-electron chi connectivity index (χ4n) is 2.28. The summed E-state index contributed by atoms with van der Waals surface area (Å²) in [6.45, 7) is 3.05. The lowest BCUT2D eigenvalue weighted by Gasteiger charge is -2.23. The van der Waals surface area contributed by atoms with Crippen LogP contribution in [0.4, 0.5) is 0 Å². The van der Waals surface area contributed by atoms with E-state index in [0.717, 1.165) is 37.2 Å². The molecule has 2 rings (SSSR count). The predicted octanol–water partition coefficient (Wildman–Crippen LogP) is 3.69. The highest BCUT2D eigenvalue weighted by molar-refractivity contribution is 7.12. The molecule has 0 aromatic carbocycles. The van der Waals surface area contributed by atoms with Gasteiger partial charge in [-0.05, 0) is 50.7 Å². The minimum atomic E-state index is -0.300. The van der Waals surface area contributed by atoms with Crippen molar-refractivity contribution in [3.8, 4) is 0 Å². The Hall–Kier alpha value is -0.380. The Kier molecular flexibility index (Phi) is 5.01. The fourth-order valence-corrected chi connectivity index (χ4v) is 3.26. The monoisotopic (exact) mass is 254 g/mol. The average molecular weight is 254 g/mol. The van der Waals surface area contributed by atoms with E-state index in [1.54, 1.807) is 11.3 Å². The van der Waals surface area contributed by atoms with Gasteiger partial charge in [0.05, 0.1) is 12.2 Å². The molecule has 1 saturated heterocycles. The lowest BCUT2D eigenvalue weighted by Crippen LogP contribution is -2.19. The number of aliphatic hydroxyl groups excluding tert-OH is 1. The Morgan fingerprint density at radius 2 is 2.35 bits per heavy atom. The van der Waals surface area contributed by atoms with Crippen LogP contribution in [0.5, 0.6) is 0 Å². The number of ether oxygens (including phenoxy) is 1. The largest absolute Gasteiger partial charge is 0.388 e. The minimum Gasteiger partial charge on any atom is -0.388 e. The van der Waals surface area contributed by atoms with E-state index in [9.17, 15) is 5.11 Å². The van der Waals surface area contributed by atoms with Gasteiger partial charge in [0.1, 0.15) is 0 Å². The SMILES string of the molecule is CCc1ccc(C(O)CCC2CCCCO2)s1. The van der Waals surface area contributed by atoms with Crippen molar-refractivity contribution in [1.29, 1.82) is 0 Å². The van der Waals surface area contributed by atoms with Crippen molar-refractivity contribution in [3.63, 3.8) is 0 Å². The first-order valence-corrected chi connectivity index (χ1v) is 7.49. The molecule has 2 atom stereocenters. The van der Waals surface area contributed by atoms with Crippen LogP contribution in [-0.4, -0.2) is 17.8 Å². The highest BCUT2D eigenvalue weighted by atomic mass is 32.1.